The Labute approximate surface area is 133 Å². The molecule has 0 saturated carbocycles. The molecule has 1 aromatic heterocycles. The van der Waals surface area contributed by atoms with Crippen LogP contribution in [0.2, 0.25) is 0 Å². The lowest BCUT2D eigenvalue weighted by molar-refractivity contribution is -0.115. The van der Waals surface area contributed by atoms with Gasteiger partial charge in [0.2, 0.25) is 5.91 Å². The van der Waals surface area contributed by atoms with Crippen molar-refractivity contribution < 1.29 is 4.79 Å². The van der Waals surface area contributed by atoms with Crippen LogP contribution >= 0.6 is 0 Å². The summed E-state index contributed by atoms with van der Waals surface area (Å²) in [6, 6.07) is 13.9. The molecule has 1 atom stereocenters. The van der Waals surface area contributed by atoms with Crippen molar-refractivity contribution in [2.45, 2.75) is 19.4 Å². The Bertz CT molecular complexity index is 906. The smallest absolute Gasteiger partial charge is 0.228 e. The summed E-state index contributed by atoms with van der Waals surface area (Å²) in [5.41, 5.74) is 4.83. The van der Waals surface area contributed by atoms with E-state index < -0.39 is 0 Å². The van der Waals surface area contributed by atoms with Crippen molar-refractivity contribution in [1.29, 1.82) is 0 Å². The van der Waals surface area contributed by atoms with Crippen molar-refractivity contribution in [3.63, 3.8) is 0 Å². The molecule has 0 saturated heterocycles. The van der Waals surface area contributed by atoms with Gasteiger partial charge < -0.3 is 10.6 Å². The third-order valence-corrected chi connectivity index (χ3v) is 4.07. The second-order valence-corrected chi connectivity index (χ2v) is 5.75. The average Bonchev–Trinajstić information content (AvgIpc) is 2.93. The van der Waals surface area contributed by atoms with Crippen LogP contribution in [0.25, 0.3) is 11.0 Å². The van der Waals surface area contributed by atoms with Crippen molar-refractivity contribution in [3.8, 4) is 0 Å². The van der Waals surface area contributed by atoms with Crippen LogP contribution in [0.15, 0.2) is 48.7 Å². The fraction of sp³-hybridized carbons (Fsp3) is 0.167. The fourth-order valence-electron chi connectivity index (χ4n) is 2.85. The molecule has 2 N–H and O–H groups in total. The number of nitrogens with one attached hydrogen (secondary N) is 2. The minimum Gasteiger partial charge on any atom is -0.362 e. The first-order valence-corrected chi connectivity index (χ1v) is 7.60. The highest BCUT2D eigenvalue weighted by atomic mass is 16.1. The van der Waals surface area contributed by atoms with Crippen molar-refractivity contribution in [1.82, 2.24) is 9.97 Å². The number of amides is 1. The largest absolute Gasteiger partial charge is 0.362 e. The number of nitrogens with zero attached hydrogens (tertiary/aromatic N) is 2. The summed E-state index contributed by atoms with van der Waals surface area (Å²) >= 11 is 0. The molecule has 1 aliphatic heterocycles. The summed E-state index contributed by atoms with van der Waals surface area (Å²) in [6.07, 6.45) is 2.20. The predicted octanol–water partition coefficient (Wildman–Crippen LogP) is 3.30. The van der Waals surface area contributed by atoms with Gasteiger partial charge in [-0.1, -0.05) is 24.3 Å². The molecule has 1 amide bonds. The molecule has 2 heterocycles. The zero-order valence-electron chi connectivity index (χ0n) is 12.7. The van der Waals surface area contributed by atoms with Crippen molar-refractivity contribution >= 4 is 28.4 Å². The maximum Gasteiger partial charge on any atom is 0.228 e. The molecule has 5 heteroatoms. The quantitative estimate of drug-likeness (QED) is 0.779. The van der Waals surface area contributed by atoms with E-state index in [0.29, 0.717) is 6.42 Å². The number of hydrogen-bond donors (Lipinski definition) is 2. The minimum absolute atomic E-state index is 0.0539. The molecule has 0 radical (unpaired) electrons. The number of para-hydroxylation sites is 2. The molecular weight excluding hydrogens is 288 g/mol. The van der Waals surface area contributed by atoms with Crippen LogP contribution in [-0.2, 0) is 11.2 Å². The number of benzene rings is 2. The van der Waals surface area contributed by atoms with E-state index in [1.54, 1.807) is 6.20 Å². The third kappa shape index (κ3) is 2.61. The zero-order chi connectivity index (χ0) is 15.8. The van der Waals surface area contributed by atoms with Gasteiger partial charge in [-0.3, -0.25) is 9.78 Å². The molecular formula is C18H16N4O. The van der Waals surface area contributed by atoms with E-state index in [2.05, 4.69) is 33.6 Å². The number of anilines is 2. The number of carbonyl (C=O) groups excluding carboxylic acids is 1. The van der Waals surface area contributed by atoms with Crippen LogP contribution in [-0.4, -0.2) is 15.9 Å². The van der Waals surface area contributed by atoms with Gasteiger partial charge in [0, 0.05) is 5.69 Å². The first-order valence-electron chi connectivity index (χ1n) is 7.60. The van der Waals surface area contributed by atoms with Gasteiger partial charge in [0.05, 0.1) is 29.7 Å². The summed E-state index contributed by atoms with van der Waals surface area (Å²) in [7, 11) is 0. The predicted molar refractivity (Wildman–Crippen MR) is 90.4 cm³/mol. The number of carbonyl (C=O) groups is 1. The number of fused-ring (bicyclic) bond motifs is 2. The Balaban J connectivity index is 1.58. The zero-order valence-corrected chi connectivity index (χ0v) is 12.7. The highest BCUT2D eigenvalue weighted by molar-refractivity contribution is 5.99. The van der Waals surface area contributed by atoms with Crippen LogP contribution in [0.1, 0.15) is 24.1 Å². The van der Waals surface area contributed by atoms with Crippen molar-refractivity contribution in [3.05, 3.63) is 59.8 Å². The summed E-state index contributed by atoms with van der Waals surface area (Å²) in [5, 5.41) is 6.23. The molecule has 114 valence electrons. The molecule has 4 rings (SSSR count). The summed E-state index contributed by atoms with van der Waals surface area (Å²) in [4.78, 5) is 20.5. The van der Waals surface area contributed by atoms with E-state index in [0.717, 1.165) is 33.7 Å². The van der Waals surface area contributed by atoms with E-state index in [-0.39, 0.29) is 11.9 Å². The van der Waals surface area contributed by atoms with E-state index in [1.807, 2.05) is 36.4 Å². The molecule has 23 heavy (non-hydrogen) atoms. The van der Waals surface area contributed by atoms with Gasteiger partial charge in [0.15, 0.2) is 0 Å². The molecule has 5 nitrogen and oxygen atoms in total. The molecule has 1 unspecified atom stereocenters. The van der Waals surface area contributed by atoms with Gasteiger partial charge in [-0.05, 0) is 36.2 Å². The SMILES string of the molecule is CC(Nc1cnc2ccccc2n1)c1ccc2c(c1)CC(=O)N2. The molecule has 3 aromatic rings. The maximum absolute atomic E-state index is 11.5. The van der Waals surface area contributed by atoms with Gasteiger partial charge in [-0.25, -0.2) is 4.98 Å². The Morgan fingerprint density at radius 3 is 2.87 bits per heavy atom. The first kappa shape index (κ1) is 13.7. The van der Waals surface area contributed by atoms with Gasteiger partial charge >= 0.3 is 0 Å². The standard InChI is InChI=1S/C18H16N4O/c1-11(12-6-7-14-13(8-12)9-18(23)22-14)20-17-10-19-15-4-2-3-5-16(15)21-17/h2-8,10-11H,9H2,1H3,(H,20,21)(H,22,23). The number of rotatable bonds is 3. The highest BCUT2D eigenvalue weighted by Gasteiger charge is 2.18. The van der Waals surface area contributed by atoms with Crippen LogP contribution in [0.3, 0.4) is 0 Å². The topological polar surface area (TPSA) is 66.9 Å². The van der Waals surface area contributed by atoms with Crippen LogP contribution in [0.4, 0.5) is 11.5 Å². The third-order valence-electron chi connectivity index (χ3n) is 4.07. The van der Waals surface area contributed by atoms with Gasteiger partial charge in [-0.15, -0.1) is 0 Å². The molecule has 0 fully saturated rings. The number of hydrogen-bond acceptors (Lipinski definition) is 4. The second-order valence-electron chi connectivity index (χ2n) is 5.75. The van der Waals surface area contributed by atoms with E-state index in [9.17, 15) is 4.79 Å². The Morgan fingerprint density at radius 1 is 1.17 bits per heavy atom. The average molecular weight is 304 g/mol. The molecule has 1 aliphatic rings. The Morgan fingerprint density at radius 2 is 2.00 bits per heavy atom. The molecule has 2 aromatic carbocycles. The highest BCUT2D eigenvalue weighted by Crippen LogP contribution is 2.27. The van der Waals surface area contributed by atoms with Crippen LogP contribution in [0.5, 0.6) is 0 Å². The van der Waals surface area contributed by atoms with Gasteiger partial charge in [-0.2, -0.15) is 0 Å². The Hall–Kier alpha value is -2.95. The first-order chi connectivity index (χ1) is 11.2. The van der Waals surface area contributed by atoms with Gasteiger partial charge in [0.25, 0.3) is 0 Å². The lowest BCUT2D eigenvalue weighted by Gasteiger charge is -2.16. The van der Waals surface area contributed by atoms with E-state index in [4.69, 9.17) is 0 Å². The minimum atomic E-state index is 0.0539. The van der Waals surface area contributed by atoms with Crippen LogP contribution in [0, 0.1) is 0 Å². The monoisotopic (exact) mass is 304 g/mol. The van der Waals surface area contributed by atoms with E-state index >= 15 is 0 Å². The second kappa shape index (κ2) is 5.35. The molecule has 0 bridgehead atoms. The summed E-state index contributed by atoms with van der Waals surface area (Å²) < 4.78 is 0. The van der Waals surface area contributed by atoms with Crippen LogP contribution < -0.4 is 10.6 Å². The van der Waals surface area contributed by atoms with Gasteiger partial charge in [0.1, 0.15) is 5.82 Å². The maximum atomic E-state index is 11.5. The summed E-state index contributed by atoms with van der Waals surface area (Å²) in [5.74, 6) is 0.795. The lowest BCUT2D eigenvalue weighted by Crippen LogP contribution is -2.08. The fourth-order valence-corrected chi connectivity index (χ4v) is 2.85. The van der Waals surface area contributed by atoms with Crippen molar-refractivity contribution in [2.75, 3.05) is 10.6 Å². The molecule has 0 aliphatic carbocycles. The summed E-state index contributed by atoms with van der Waals surface area (Å²) in [6.45, 7) is 2.07. The Kier molecular flexibility index (Phi) is 3.19. The lowest BCUT2D eigenvalue weighted by atomic mass is 10.0. The number of aromatic nitrogens is 2. The molecule has 0 spiro atoms. The van der Waals surface area contributed by atoms with Crippen molar-refractivity contribution in [2.24, 2.45) is 0 Å². The van der Waals surface area contributed by atoms with E-state index in [1.165, 1.54) is 0 Å². The normalized spacial score (nSPS) is 14.4.